The van der Waals surface area contributed by atoms with Crippen LogP contribution in [0.2, 0.25) is 0 Å². The molecule has 0 radical (unpaired) electrons. The molecule has 0 aliphatic carbocycles. The maximum absolute atomic E-state index is 13.6. The first-order chi connectivity index (χ1) is 13.0. The van der Waals surface area contributed by atoms with Gasteiger partial charge in [-0.3, -0.25) is 14.7 Å². The van der Waals surface area contributed by atoms with E-state index in [0.717, 1.165) is 18.4 Å². The summed E-state index contributed by atoms with van der Waals surface area (Å²) in [6.07, 6.45) is 5.29. The zero-order valence-corrected chi connectivity index (χ0v) is 15.8. The van der Waals surface area contributed by atoms with Gasteiger partial charge in [-0.05, 0) is 56.3 Å². The summed E-state index contributed by atoms with van der Waals surface area (Å²) in [6.45, 7) is 1.84. The number of halogens is 1. The summed E-state index contributed by atoms with van der Waals surface area (Å²) in [5.74, 6) is -0.314. The van der Waals surface area contributed by atoms with Crippen molar-refractivity contribution in [3.63, 3.8) is 0 Å². The number of aromatic nitrogens is 1. The van der Waals surface area contributed by atoms with Gasteiger partial charge in [-0.25, -0.2) is 4.39 Å². The average molecular weight is 371 g/mol. The summed E-state index contributed by atoms with van der Waals surface area (Å²) < 4.78 is 19.6. The van der Waals surface area contributed by atoms with Crippen LogP contribution < -0.4 is 0 Å². The number of amides is 1. The number of nitrogens with zero attached hydrogens (tertiary/aromatic N) is 3. The Hall–Kier alpha value is -2.31. The van der Waals surface area contributed by atoms with Gasteiger partial charge >= 0.3 is 0 Å². The van der Waals surface area contributed by atoms with Crippen molar-refractivity contribution in [2.75, 3.05) is 27.2 Å². The molecule has 1 aromatic heterocycles. The van der Waals surface area contributed by atoms with Crippen molar-refractivity contribution in [2.45, 2.75) is 31.6 Å². The SMILES string of the molecule is CN(C)C(C(=O)N1CCC(OCc2cccnc2)CC1)c1cccc(F)c1. The number of likely N-dealkylation sites (N-methyl/N-ethyl adjacent to an activating group) is 1. The zero-order chi connectivity index (χ0) is 19.2. The van der Waals surface area contributed by atoms with Crippen molar-refractivity contribution in [3.05, 3.63) is 65.7 Å². The molecule has 144 valence electrons. The molecule has 0 bridgehead atoms. The lowest BCUT2D eigenvalue weighted by molar-refractivity contribution is -0.139. The van der Waals surface area contributed by atoms with Crippen LogP contribution in [0.3, 0.4) is 0 Å². The molecule has 2 aromatic rings. The number of hydrogen-bond donors (Lipinski definition) is 0. The number of pyridine rings is 1. The topological polar surface area (TPSA) is 45.7 Å². The Balaban J connectivity index is 1.56. The number of rotatable bonds is 6. The van der Waals surface area contributed by atoms with Crippen LogP contribution in [0.25, 0.3) is 0 Å². The van der Waals surface area contributed by atoms with Gasteiger partial charge in [-0.2, -0.15) is 0 Å². The molecule has 1 amide bonds. The number of hydrogen-bond acceptors (Lipinski definition) is 4. The van der Waals surface area contributed by atoms with Gasteiger partial charge in [0.05, 0.1) is 12.7 Å². The van der Waals surface area contributed by atoms with E-state index in [1.54, 1.807) is 24.5 Å². The molecule has 3 rings (SSSR count). The molecule has 0 N–H and O–H groups in total. The molecule has 5 nitrogen and oxygen atoms in total. The van der Waals surface area contributed by atoms with Gasteiger partial charge in [0.15, 0.2) is 0 Å². The Morgan fingerprint density at radius 2 is 2.07 bits per heavy atom. The number of carbonyl (C=O) groups is 1. The molecule has 1 atom stereocenters. The predicted octanol–water partition coefficient (Wildman–Crippen LogP) is 3.03. The van der Waals surface area contributed by atoms with Crippen molar-refractivity contribution in [2.24, 2.45) is 0 Å². The van der Waals surface area contributed by atoms with E-state index >= 15 is 0 Å². The molecule has 0 spiro atoms. The Morgan fingerprint density at radius 3 is 2.70 bits per heavy atom. The molecule has 1 unspecified atom stereocenters. The first kappa shape index (κ1) is 19.5. The van der Waals surface area contributed by atoms with Gasteiger partial charge in [0, 0.05) is 25.5 Å². The molecule has 1 saturated heterocycles. The van der Waals surface area contributed by atoms with Crippen LogP contribution in [-0.4, -0.2) is 54.0 Å². The largest absolute Gasteiger partial charge is 0.373 e. The third-order valence-corrected chi connectivity index (χ3v) is 4.88. The second-order valence-electron chi connectivity index (χ2n) is 7.12. The molecule has 6 heteroatoms. The van der Waals surface area contributed by atoms with Crippen molar-refractivity contribution in [1.82, 2.24) is 14.8 Å². The van der Waals surface area contributed by atoms with Crippen molar-refractivity contribution in [1.29, 1.82) is 0 Å². The minimum atomic E-state index is -0.478. The molecular formula is C21H26FN3O2. The minimum Gasteiger partial charge on any atom is -0.373 e. The van der Waals surface area contributed by atoms with Gasteiger partial charge in [-0.15, -0.1) is 0 Å². The fourth-order valence-electron chi connectivity index (χ4n) is 3.45. The highest BCUT2D eigenvalue weighted by molar-refractivity contribution is 5.83. The minimum absolute atomic E-state index is 0.0105. The highest BCUT2D eigenvalue weighted by Gasteiger charge is 2.31. The smallest absolute Gasteiger partial charge is 0.244 e. The van der Waals surface area contributed by atoms with Gasteiger partial charge in [0.25, 0.3) is 0 Å². The van der Waals surface area contributed by atoms with E-state index in [9.17, 15) is 9.18 Å². The lowest BCUT2D eigenvalue weighted by Gasteiger charge is -2.36. The zero-order valence-electron chi connectivity index (χ0n) is 15.8. The van der Waals surface area contributed by atoms with Crippen LogP contribution >= 0.6 is 0 Å². The summed E-state index contributed by atoms with van der Waals surface area (Å²) in [5.41, 5.74) is 1.73. The van der Waals surface area contributed by atoms with E-state index in [1.807, 2.05) is 36.0 Å². The molecule has 27 heavy (non-hydrogen) atoms. The number of ether oxygens (including phenoxy) is 1. The Bertz CT molecular complexity index is 746. The van der Waals surface area contributed by atoms with Crippen LogP contribution in [0.5, 0.6) is 0 Å². The maximum atomic E-state index is 13.6. The van der Waals surface area contributed by atoms with Crippen LogP contribution in [0, 0.1) is 5.82 Å². The monoisotopic (exact) mass is 371 g/mol. The van der Waals surface area contributed by atoms with Crippen LogP contribution in [0.1, 0.15) is 30.0 Å². The fraction of sp³-hybridized carbons (Fsp3) is 0.429. The molecule has 1 aliphatic rings. The van der Waals surface area contributed by atoms with Crippen molar-refractivity contribution >= 4 is 5.91 Å². The molecule has 2 heterocycles. The normalized spacial score (nSPS) is 16.5. The van der Waals surface area contributed by atoms with Crippen molar-refractivity contribution < 1.29 is 13.9 Å². The lowest BCUT2D eigenvalue weighted by atomic mass is 10.0. The Labute approximate surface area is 159 Å². The molecule has 1 fully saturated rings. The molecule has 1 aliphatic heterocycles. The van der Waals surface area contributed by atoms with E-state index in [4.69, 9.17) is 4.74 Å². The standard InChI is InChI=1S/C21H26FN3O2/c1-24(2)20(17-6-3-7-18(22)13-17)21(26)25-11-8-19(9-12-25)27-15-16-5-4-10-23-14-16/h3-7,10,13-14,19-20H,8-9,11-12,15H2,1-2H3. The highest BCUT2D eigenvalue weighted by atomic mass is 19.1. The number of piperidine rings is 1. The Kier molecular flexibility index (Phi) is 6.53. The maximum Gasteiger partial charge on any atom is 0.244 e. The number of likely N-dealkylation sites (tertiary alicyclic amines) is 1. The van der Waals surface area contributed by atoms with E-state index in [0.29, 0.717) is 25.3 Å². The third-order valence-electron chi connectivity index (χ3n) is 4.88. The molecule has 0 saturated carbocycles. The second kappa shape index (κ2) is 9.06. The quantitative estimate of drug-likeness (QED) is 0.783. The highest BCUT2D eigenvalue weighted by Crippen LogP contribution is 2.24. The second-order valence-corrected chi connectivity index (χ2v) is 7.12. The number of carbonyl (C=O) groups excluding carboxylic acids is 1. The van der Waals surface area contributed by atoms with Gasteiger partial charge in [-0.1, -0.05) is 18.2 Å². The average Bonchev–Trinajstić information content (AvgIpc) is 2.67. The first-order valence-corrected chi connectivity index (χ1v) is 9.26. The summed E-state index contributed by atoms with van der Waals surface area (Å²) in [4.78, 5) is 20.8. The molecular weight excluding hydrogens is 345 g/mol. The van der Waals surface area contributed by atoms with Crippen molar-refractivity contribution in [3.8, 4) is 0 Å². The molecule has 1 aromatic carbocycles. The van der Waals surface area contributed by atoms with E-state index < -0.39 is 6.04 Å². The number of benzene rings is 1. The summed E-state index contributed by atoms with van der Waals surface area (Å²) in [6, 6.07) is 9.69. The lowest BCUT2D eigenvalue weighted by Crippen LogP contribution is -2.45. The van der Waals surface area contributed by atoms with E-state index in [2.05, 4.69) is 4.98 Å². The first-order valence-electron chi connectivity index (χ1n) is 9.26. The summed E-state index contributed by atoms with van der Waals surface area (Å²) >= 11 is 0. The predicted molar refractivity (Wildman–Crippen MR) is 101 cm³/mol. The van der Waals surface area contributed by atoms with Crippen LogP contribution in [0.4, 0.5) is 4.39 Å². The van der Waals surface area contributed by atoms with Gasteiger partial charge < -0.3 is 9.64 Å². The third kappa shape index (κ3) is 5.11. The van der Waals surface area contributed by atoms with Crippen LogP contribution in [0.15, 0.2) is 48.8 Å². The van der Waals surface area contributed by atoms with E-state index in [1.165, 1.54) is 12.1 Å². The fourth-order valence-corrected chi connectivity index (χ4v) is 3.45. The van der Waals surface area contributed by atoms with E-state index in [-0.39, 0.29) is 17.8 Å². The summed E-state index contributed by atoms with van der Waals surface area (Å²) in [5, 5.41) is 0. The van der Waals surface area contributed by atoms with Gasteiger partial charge in [0.2, 0.25) is 5.91 Å². The van der Waals surface area contributed by atoms with Gasteiger partial charge in [0.1, 0.15) is 11.9 Å². The van der Waals surface area contributed by atoms with Crippen LogP contribution in [-0.2, 0) is 16.1 Å². The Morgan fingerprint density at radius 1 is 1.30 bits per heavy atom. The summed E-state index contributed by atoms with van der Waals surface area (Å²) in [7, 11) is 3.69.